The summed E-state index contributed by atoms with van der Waals surface area (Å²) in [6, 6.07) is 8.37. The zero-order valence-electron chi connectivity index (χ0n) is 15.2. The van der Waals surface area contributed by atoms with Gasteiger partial charge in [0.15, 0.2) is 5.96 Å². The molecule has 0 radical (unpaired) electrons. The van der Waals surface area contributed by atoms with Crippen molar-refractivity contribution in [3.63, 3.8) is 0 Å². The summed E-state index contributed by atoms with van der Waals surface area (Å²) in [5, 5.41) is 14.9. The Bertz CT molecular complexity index is 602. The number of aliphatic imine (C=N–C) groups is 1. The van der Waals surface area contributed by atoms with Crippen molar-refractivity contribution < 1.29 is 14.7 Å². The van der Waals surface area contributed by atoms with Gasteiger partial charge in [-0.05, 0) is 26.1 Å². The monoisotopic (exact) mass is 364 g/mol. The molecular weight excluding hydrogens is 336 g/mol. The minimum absolute atomic E-state index is 0.0270. The Morgan fingerprint density at radius 2 is 1.88 bits per heavy atom. The van der Waals surface area contributed by atoms with Crippen LogP contribution in [0.3, 0.4) is 0 Å². The molecule has 144 valence electrons. The van der Waals surface area contributed by atoms with Crippen LogP contribution in [-0.2, 0) is 16.1 Å². The van der Waals surface area contributed by atoms with E-state index >= 15 is 0 Å². The molecule has 26 heavy (non-hydrogen) atoms. The fraction of sp³-hybridized carbons (Fsp3) is 0.471. The molecule has 1 aromatic rings. The van der Waals surface area contributed by atoms with Crippen LogP contribution in [0.2, 0.25) is 0 Å². The molecule has 1 aromatic carbocycles. The van der Waals surface area contributed by atoms with Crippen molar-refractivity contribution in [2.75, 3.05) is 27.2 Å². The number of likely N-dealkylation sites (N-methyl/N-ethyl adjacent to an activating group) is 1. The molecule has 0 bridgehead atoms. The van der Waals surface area contributed by atoms with Crippen molar-refractivity contribution in [1.82, 2.24) is 15.5 Å². The molecule has 1 rings (SSSR count). The molecule has 0 aliphatic carbocycles. The third-order valence-electron chi connectivity index (χ3n) is 3.81. The highest BCUT2D eigenvalue weighted by atomic mass is 16.4. The number of hydrogen-bond donors (Lipinski definition) is 5. The lowest BCUT2D eigenvalue weighted by Crippen LogP contribution is -2.48. The van der Waals surface area contributed by atoms with E-state index in [2.05, 4.69) is 15.6 Å². The Balaban J connectivity index is 2.53. The van der Waals surface area contributed by atoms with Crippen molar-refractivity contribution >= 4 is 17.8 Å². The SMILES string of the molecule is CN(C)C(CN=C(N)N)C[C@H](NC(=O)CNCc1ccccc1)C(=O)O. The van der Waals surface area contributed by atoms with Crippen molar-refractivity contribution in [2.24, 2.45) is 16.5 Å². The molecule has 0 aliphatic rings. The average molecular weight is 364 g/mol. The number of nitrogens with one attached hydrogen (secondary N) is 2. The standard InChI is InChI=1S/C17H28N6O3/c1-23(2)13(10-21-17(18)19)8-14(16(25)26)22-15(24)11-20-9-12-6-4-3-5-7-12/h3-7,13-14,20H,8-11H2,1-2H3,(H,22,24)(H,25,26)(H4,18,19,21)/t13?,14-/m0/s1. The Kier molecular flexibility index (Phi) is 9.10. The van der Waals surface area contributed by atoms with Crippen molar-refractivity contribution in [3.8, 4) is 0 Å². The van der Waals surface area contributed by atoms with Crippen LogP contribution in [0.5, 0.6) is 0 Å². The van der Waals surface area contributed by atoms with Crippen molar-refractivity contribution in [1.29, 1.82) is 0 Å². The van der Waals surface area contributed by atoms with E-state index in [1.807, 2.05) is 35.2 Å². The van der Waals surface area contributed by atoms with Gasteiger partial charge in [-0.25, -0.2) is 4.79 Å². The van der Waals surface area contributed by atoms with Crippen LogP contribution in [0.15, 0.2) is 35.3 Å². The van der Waals surface area contributed by atoms with Gasteiger partial charge in [0.05, 0.1) is 13.1 Å². The third kappa shape index (κ3) is 8.45. The molecule has 9 nitrogen and oxygen atoms in total. The van der Waals surface area contributed by atoms with Gasteiger partial charge in [-0.3, -0.25) is 9.79 Å². The predicted octanol–water partition coefficient (Wildman–Crippen LogP) is -1.06. The molecule has 0 aliphatic heterocycles. The van der Waals surface area contributed by atoms with Gasteiger partial charge in [0, 0.05) is 12.6 Å². The number of rotatable bonds is 11. The lowest BCUT2D eigenvalue weighted by Gasteiger charge is -2.26. The van der Waals surface area contributed by atoms with E-state index in [9.17, 15) is 14.7 Å². The number of carboxylic acid groups (broad SMARTS) is 1. The summed E-state index contributed by atoms with van der Waals surface area (Å²) in [6.45, 7) is 0.803. The van der Waals surface area contributed by atoms with Gasteiger partial charge < -0.3 is 32.1 Å². The zero-order chi connectivity index (χ0) is 19.5. The summed E-state index contributed by atoms with van der Waals surface area (Å²) in [5.74, 6) is -1.54. The maximum atomic E-state index is 12.0. The molecule has 2 atom stereocenters. The highest BCUT2D eigenvalue weighted by Crippen LogP contribution is 2.06. The van der Waals surface area contributed by atoms with E-state index < -0.39 is 12.0 Å². The molecule has 0 fully saturated rings. The Morgan fingerprint density at radius 1 is 1.23 bits per heavy atom. The van der Waals surface area contributed by atoms with E-state index in [1.54, 1.807) is 14.1 Å². The van der Waals surface area contributed by atoms with Gasteiger partial charge in [-0.2, -0.15) is 0 Å². The summed E-state index contributed by atoms with van der Waals surface area (Å²) in [5.41, 5.74) is 11.7. The average Bonchev–Trinajstić information content (AvgIpc) is 2.57. The highest BCUT2D eigenvalue weighted by molar-refractivity contribution is 5.84. The third-order valence-corrected chi connectivity index (χ3v) is 3.81. The summed E-state index contributed by atoms with van der Waals surface area (Å²) in [6.07, 6.45) is 0.184. The zero-order valence-corrected chi connectivity index (χ0v) is 15.2. The van der Waals surface area contributed by atoms with Crippen molar-refractivity contribution in [2.45, 2.75) is 25.0 Å². The number of benzene rings is 1. The second-order valence-corrected chi connectivity index (χ2v) is 6.17. The van der Waals surface area contributed by atoms with Crippen LogP contribution in [0, 0.1) is 0 Å². The summed E-state index contributed by atoms with van der Waals surface area (Å²) >= 11 is 0. The first kappa shape index (κ1) is 21.4. The Labute approximate surface area is 153 Å². The Hall–Kier alpha value is -2.65. The minimum Gasteiger partial charge on any atom is -0.480 e. The molecule has 1 unspecified atom stereocenters. The van der Waals surface area contributed by atoms with Gasteiger partial charge in [0.25, 0.3) is 0 Å². The number of carboxylic acids is 1. The molecule has 0 saturated carbocycles. The molecule has 7 N–H and O–H groups in total. The van der Waals surface area contributed by atoms with E-state index in [0.29, 0.717) is 6.54 Å². The van der Waals surface area contributed by atoms with Crippen LogP contribution in [0.25, 0.3) is 0 Å². The number of amides is 1. The molecule has 0 heterocycles. The second-order valence-electron chi connectivity index (χ2n) is 6.17. The quantitative estimate of drug-likeness (QED) is 0.248. The molecular formula is C17H28N6O3. The van der Waals surface area contributed by atoms with Gasteiger partial charge in [-0.15, -0.1) is 0 Å². The number of carbonyl (C=O) groups excluding carboxylic acids is 1. The van der Waals surface area contributed by atoms with Gasteiger partial charge in [0.1, 0.15) is 6.04 Å². The van der Waals surface area contributed by atoms with Crippen LogP contribution in [-0.4, -0.2) is 67.1 Å². The molecule has 0 aromatic heterocycles. The minimum atomic E-state index is -1.10. The van der Waals surface area contributed by atoms with Crippen LogP contribution in [0.1, 0.15) is 12.0 Å². The summed E-state index contributed by atoms with van der Waals surface area (Å²) in [4.78, 5) is 29.3. The topological polar surface area (TPSA) is 146 Å². The normalized spacial score (nSPS) is 13.0. The summed E-state index contributed by atoms with van der Waals surface area (Å²) < 4.78 is 0. The van der Waals surface area contributed by atoms with Gasteiger partial charge >= 0.3 is 5.97 Å². The van der Waals surface area contributed by atoms with E-state index in [1.165, 1.54) is 0 Å². The number of aliphatic carboxylic acids is 1. The van der Waals surface area contributed by atoms with Crippen LogP contribution in [0.4, 0.5) is 0 Å². The van der Waals surface area contributed by atoms with E-state index in [0.717, 1.165) is 5.56 Å². The molecule has 0 saturated heterocycles. The fourth-order valence-electron chi connectivity index (χ4n) is 2.31. The first-order chi connectivity index (χ1) is 12.3. The smallest absolute Gasteiger partial charge is 0.326 e. The van der Waals surface area contributed by atoms with Gasteiger partial charge in [-0.1, -0.05) is 30.3 Å². The van der Waals surface area contributed by atoms with Crippen molar-refractivity contribution in [3.05, 3.63) is 35.9 Å². The summed E-state index contributed by atoms with van der Waals surface area (Å²) in [7, 11) is 3.60. The van der Waals surface area contributed by atoms with Gasteiger partial charge in [0.2, 0.25) is 5.91 Å². The second kappa shape index (κ2) is 11.1. The number of carbonyl (C=O) groups is 2. The number of guanidine groups is 1. The maximum Gasteiger partial charge on any atom is 0.326 e. The lowest BCUT2D eigenvalue weighted by molar-refractivity contribution is -0.142. The Morgan fingerprint density at radius 3 is 2.42 bits per heavy atom. The number of hydrogen-bond acceptors (Lipinski definition) is 5. The van der Waals surface area contributed by atoms with E-state index in [4.69, 9.17) is 11.5 Å². The highest BCUT2D eigenvalue weighted by Gasteiger charge is 2.25. The molecule has 9 heteroatoms. The van der Waals surface area contributed by atoms with Crippen LogP contribution < -0.4 is 22.1 Å². The first-order valence-electron chi connectivity index (χ1n) is 8.28. The largest absolute Gasteiger partial charge is 0.480 e. The number of nitrogens with zero attached hydrogens (tertiary/aromatic N) is 2. The molecule has 0 spiro atoms. The first-order valence-corrected chi connectivity index (χ1v) is 8.28. The molecule has 1 amide bonds. The lowest BCUT2D eigenvalue weighted by atomic mass is 10.1. The van der Waals surface area contributed by atoms with Crippen LogP contribution >= 0.6 is 0 Å². The predicted molar refractivity (Wildman–Crippen MR) is 100 cm³/mol. The number of nitrogens with two attached hydrogens (primary N) is 2. The maximum absolute atomic E-state index is 12.0. The van der Waals surface area contributed by atoms with E-state index in [-0.39, 0.29) is 37.4 Å². The fourth-order valence-corrected chi connectivity index (χ4v) is 2.31.